The molecular weight excluding hydrogens is 108 g/mol. The van der Waals surface area contributed by atoms with Gasteiger partial charge >= 0.3 is 0 Å². The van der Waals surface area contributed by atoms with Gasteiger partial charge in [-0.2, -0.15) is 0 Å². The van der Waals surface area contributed by atoms with Crippen LogP contribution in [0.15, 0.2) is 34.6 Å². The average molecular weight is 116 g/mol. The van der Waals surface area contributed by atoms with Gasteiger partial charge in [0.25, 0.3) is 0 Å². The van der Waals surface area contributed by atoms with Crippen LogP contribution in [0.4, 0.5) is 0 Å². The van der Waals surface area contributed by atoms with Gasteiger partial charge in [0.15, 0.2) is 0 Å². The van der Waals surface area contributed by atoms with E-state index in [1.807, 2.05) is 6.08 Å². The van der Waals surface area contributed by atoms with Gasteiger partial charge in [-0.15, -0.1) is 0 Å². The molecule has 0 fully saturated rings. The second-order valence-electron chi connectivity index (χ2n) is 2.27. The molecule has 0 heterocycles. The van der Waals surface area contributed by atoms with E-state index in [1.165, 1.54) is 0 Å². The van der Waals surface area contributed by atoms with Crippen LogP contribution in [-0.4, -0.2) is 0 Å². The van der Waals surface area contributed by atoms with E-state index in [1.54, 1.807) is 0 Å². The highest BCUT2D eigenvalue weighted by Gasteiger charge is 1.96. The van der Waals surface area contributed by atoms with Gasteiger partial charge in [0.05, 0.1) is 0 Å². The Labute approximate surface area is 55.2 Å². The van der Waals surface area contributed by atoms with Gasteiger partial charge < -0.3 is 0 Å². The Hall–Kier alpha value is -1.14. The Bertz CT molecular complexity index is 267. The molecule has 9 heavy (non-hydrogen) atoms. The van der Waals surface area contributed by atoms with Gasteiger partial charge in [-0.05, 0) is 17.4 Å². The standard InChI is InChI=1S/C9H8/c1-8(2)9-6-4-3-5-7-9/h6,8H,1-2H3. The second kappa shape index (κ2) is 2.42. The van der Waals surface area contributed by atoms with Crippen LogP contribution in [0.2, 0.25) is 0 Å². The maximum atomic E-state index is 2.96. The second-order valence-corrected chi connectivity index (χ2v) is 2.27. The van der Waals surface area contributed by atoms with Gasteiger partial charge in [-0.1, -0.05) is 25.3 Å². The van der Waals surface area contributed by atoms with Crippen molar-refractivity contribution in [2.75, 3.05) is 0 Å². The molecular formula is C9H8. The molecule has 0 heteroatoms. The molecule has 0 aromatic rings. The molecule has 0 spiro atoms. The Morgan fingerprint density at radius 2 is 2.11 bits per heavy atom. The predicted molar refractivity (Wildman–Crippen MR) is 37.0 cm³/mol. The minimum atomic E-state index is 0.520. The van der Waals surface area contributed by atoms with Crippen LogP contribution < -0.4 is 0 Å². The van der Waals surface area contributed by atoms with Crippen molar-refractivity contribution >= 4 is 0 Å². The maximum Gasteiger partial charge on any atom is 0.0140 e. The fourth-order valence-corrected chi connectivity index (χ4v) is 0.600. The van der Waals surface area contributed by atoms with Gasteiger partial charge in [0, 0.05) is 11.6 Å². The van der Waals surface area contributed by atoms with Crippen molar-refractivity contribution in [3.8, 4) is 0 Å². The summed E-state index contributed by atoms with van der Waals surface area (Å²) in [6.07, 6.45) is 1.89. The first-order valence-electron chi connectivity index (χ1n) is 3.02. The summed E-state index contributed by atoms with van der Waals surface area (Å²) in [6, 6.07) is 0. The molecule has 1 aliphatic rings. The molecule has 0 aliphatic heterocycles. The van der Waals surface area contributed by atoms with E-state index >= 15 is 0 Å². The number of allylic oxidation sites excluding steroid dienone is 2. The summed E-state index contributed by atoms with van der Waals surface area (Å²) in [5.74, 6) is 0.520. The van der Waals surface area contributed by atoms with Gasteiger partial charge in [-0.25, -0.2) is 0 Å². The zero-order valence-electron chi connectivity index (χ0n) is 5.65. The number of rotatable bonds is 1. The lowest BCUT2D eigenvalue weighted by Gasteiger charge is -1.98. The summed E-state index contributed by atoms with van der Waals surface area (Å²) in [5, 5.41) is 0. The fourth-order valence-electron chi connectivity index (χ4n) is 0.600. The molecule has 0 bridgehead atoms. The minimum Gasteiger partial charge on any atom is -0.0598 e. The summed E-state index contributed by atoms with van der Waals surface area (Å²) in [5.41, 5.74) is 12.4. The predicted octanol–water partition coefficient (Wildman–Crippen LogP) is 2.20. The molecule has 44 valence electrons. The van der Waals surface area contributed by atoms with Gasteiger partial charge in [0.2, 0.25) is 0 Å². The first-order valence-corrected chi connectivity index (χ1v) is 3.02. The lowest BCUT2D eigenvalue weighted by Crippen LogP contribution is -1.87. The quantitative estimate of drug-likeness (QED) is 0.461. The largest absolute Gasteiger partial charge is 0.0598 e. The Morgan fingerprint density at radius 1 is 1.33 bits per heavy atom. The smallest absolute Gasteiger partial charge is 0.0140 e. The van der Waals surface area contributed by atoms with Crippen molar-refractivity contribution in [2.24, 2.45) is 5.92 Å². The topological polar surface area (TPSA) is 0 Å². The highest BCUT2D eigenvalue weighted by Crippen LogP contribution is 2.08. The van der Waals surface area contributed by atoms with Crippen molar-refractivity contribution in [1.29, 1.82) is 0 Å². The van der Waals surface area contributed by atoms with Crippen molar-refractivity contribution in [2.45, 2.75) is 13.8 Å². The number of hydrogen-bond acceptors (Lipinski definition) is 0. The van der Waals surface area contributed by atoms with E-state index in [9.17, 15) is 0 Å². The van der Waals surface area contributed by atoms with Gasteiger partial charge in [-0.3, -0.25) is 0 Å². The highest BCUT2D eigenvalue weighted by molar-refractivity contribution is 5.21. The first kappa shape index (κ1) is 5.99. The number of hydrogen-bond donors (Lipinski definition) is 0. The first-order chi connectivity index (χ1) is 4.30. The molecule has 0 aromatic carbocycles. The summed E-state index contributed by atoms with van der Waals surface area (Å²) in [6.45, 7) is 4.24. The molecule has 0 nitrogen and oxygen atoms in total. The SMILES string of the molecule is CC(C)C1=C=C=C=C=C1. The van der Waals surface area contributed by atoms with E-state index < -0.39 is 0 Å². The van der Waals surface area contributed by atoms with E-state index in [0.717, 1.165) is 5.57 Å². The molecule has 0 N–H and O–H groups in total. The monoisotopic (exact) mass is 116 g/mol. The molecule has 1 aliphatic carbocycles. The normalized spacial score (nSPS) is 13.0. The molecule has 0 saturated carbocycles. The van der Waals surface area contributed by atoms with Crippen molar-refractivity contribution in [3.05, 3.63) is 34.6 Å². The van der Waals surface area contributed by atoms with E-state index in [0.29, 0.717) is 5.92 Å². The Morgan fingerprint density at radius 3 is 2.44 bits per heavy atom. The highest BCUT2D eigenvalue weighted by atomic mass is 14.0. The molecule has 0 amide bonds. The van der Waals surface area contributed by atoms with Crippen LogP contribution in [0.25, 0.3) is 0 Å². The summed E-state index contributed by atoms with van der Waals surface area (Å²) in [7, 11) is 0. The zero-order valence-corrected chi connectivity index (χ0v) is 5.65. The third-order valence-corrected chi connectivity index (χ3v) is 1.19. The van der Waals surface area contributed by atoms with E-state index in [4.69, 9.17) is 0 Å². The third kappa shape index (κ3) is 1.37. The molecule has 0 saturated heterocycles. The maximum absolute atomic E-state index is 2.96. The molecule has 0 unspecified atom stereocenters. The summed E-state index contributed by atoms with van der Waals surface area (Å²) in [4.78, 5) is 0. The lowest BCUT2D eigenvalue weighted by atomic mass is 10.0. The van der Waals surface area contributed by atoms with Crippen LogP contribution >= 0.6 is 0 Å². The van der Waals surface area contributed by atoms with Crippen LogP contribution in [0, 0.1) is 5.92 Å². The zero-order chi connectivity index (χ0) is 6.69. The third-order valence-electron chi connectivity index (χ3n) is 1.19. The lowest BCUT2D eigenvalue weighted by molar-refractivity contribution is 0.793. The minimum absolute atomic E-state index is 0.520. The van der Waals surface area contributed by atoms with E-state index in [-0.39, 0.29) is 0 Å². The fraction of sp³-hybridized carbons (Fsp3) is 0.333. The Balaban J connectivity index is 3.06. The van der Waals surface area contributed by atoms with Crippen molar-refractivity contribution in [3.63, 3.8) is 0 Å². The van der Waals surface area contributed by atoms with Crippen molar-refractivity contribution < 1.29 is 0 Å². The summed E-state index contributed by atoms with van der Waals surface area (Å²) < 4.78 is 0. The Kier molecular flexibility index (Phi) is 1.61. The van der Waals surface area contributed by atoms with E-state index in [2.05, 4.69) is 36.8 Å². The molecule has 0 radical (unpaired) electrons. The molecule has 0 atom stereocenters. The summed E-state index contributed by atoms with van der Waals surface area (Å²) >= 11 is 0. The van der Waals surface area contributed by atoms with Crippen LogP contribution in [-0.2, 0) is 0 Å². The van der Waals surface area contributed by atoms with Crippen LogP contribution in [0.1, 0.15) is 13.8 Å². The van der Waals surface area contributed by atoms with Crippen LogP contribution in [0.3, 0.4) is 0 Å². The van der Waals surface area contributed by atoms with Crippen molar-refractivity contribution in [1.82, 2.24) is 0 Å². The van der Waals surface area contributed by atoms with Crippen LogP contribution in [0.5, 0.6) is 0 Å². The van der Waals surface area contributed by atoms with Gasteiger partial charge in [0.1, 0.15) is 0 Å². The molecule has 1 rings (SSSR count). The molecule has 0 aromatic heterocycles. The average Bonchev–Trinajstić information content (AvgIpc) is 1.90.